The van der Waals surface area contributed by atoms with Crippen LogP contribution in [0.5, 0.6) is 0 Å². The zero-order valence-electron chi connectivity index (χ0n) is 8.79. The van der Waals surface area contributed by atoms with Crippen molar-refractivity contribution in [3.05, 3.63) is 20.8 Å². The summed E-state index contributed by atoms with van der Waals surface area (Å²) in [4.78, 5) is 12.3. The van der Waals surface area contributed by atoms with Crippen LogP contribution in [0.25, 0.3) is 0 Å². The summed E-state index contributed by atoms with van der Waals surface area (Å²) < 4.78 is 1.02. The molecule has 0 radical (unpaired) electrons. The number of hydrogen-bond acceptors (Lipinski definition) is 3. The molecule has 0 aliphatic carbocycles. The predicted molar refractivity (Wildman–Crippen MR) is 67.1 cm³/mol. The van der Waals surface area contributed by atoms with Gasteiger partial charge in [-0.05, 0) is 28.1 Å². The zero-order valence-corrected chi connectivity index (χ0v) is 11.2. The molecule has 0 saturated heterocycles. The molecule has 0 saturated carbocycles. The molecule has 0 bridgehead atoms. The normalized spacial score (nSPS) is 13.1. The fourth-order valence-electron chi connectivity index (χ4n) is 1.21. The van der Waals surface area contributed by atoms with Crippen molar-refractivity contribution in [2.75, 3.05) is 6.54 Å². The molecule has 84 valence electrons. The highest BCUT2D eigenvalue weighted by atomic mass is 79.9. The third-order valence-electron chi connectivity index (χ3n) is 2.01. The van der Waals surface area contributed by atoms with E-state index in [0.29, 0.717) is 12.6 Å². The molecule has 1 rings (SSSR count). The molecule has 0 aliphatic rings. The van der Waals surface area contributed by atoms with Gasteiger partial charge in [0.1, 0.15) is 0 Å². The quantitative estimate of drug-likeness (QED) is 0.872. The predicted octanol–water partition coefficient (Wildman–Crippen LogP) is 2.08. The zero-order chi connectivity index (χ0) is 11.4. The molecule has 3 nitrogen and oxygen atoms in total. The molecule has 3 N–H and O–H groups in total. The third kappa shape index (κ3) is 3.93. The Balaban J connectivity index is 2.70. The Hall–Kier alpha value is -0.390. The lowest BCUT2D eigenvalue weighted by Crippen LogP contribution is -2.34. The smallest absolute Gasteiger partial charge is 0.227 e. The second-order valence-corrected chi connectivity index (χ2v) is 6.15. The molecule has 5 heteroatoms. The van der Waals surface area contributed by atoms with Gasteiger partial charge in [-0.1, -0.05) is 13.8 Å². The maximum Gasteiger partial charge on any atom is 0.227 e. The average Bonchev–Trinajstić information content (AvgIpc) is 2.51. The first-order valence-electron chi connectivity index (χ1n) is 4.78. The van der Waals surface area contributed by atoms with Crippen LogP contribution in [0.3, 0.4) is 0 Å². The van der Waals surface area contributed by atoms with Crippen LogP contribution in [0.4, 0.5) is 0 Å². The summed E-state index contributed by atoms with van der Waals surface area (Å²) in [5.74, 6) is -0.513. The maximum absolute atomic E-state index is 11.3. The lowest BCUT2D eigenvalue weighted by molar-refractivity contribution is -0.119. The molecular formula is C10H15BrN2OS. The first-order valence-corrected chi connectivity index (χ1v) is 6.39. The van der Waals surface area contributed by atoms with E-state index in [-0.39, 0.29) is 11.8 Å². The molecule has 0 unspecified atom stereocenters. The monoisotopic (exact) mass is 290 g/mol. The molecular weight excluding hydrogens is 276 g/mol. The minimum atomic E-state index is -0.280. The lowest BCUT2D eigenvalue weighted by atomic mass is 10.1. The molecule has 1 amide bonds. The Morgan fingerprint density at radius 3 is 2.67 bits per heavy atom. The van der Waals surface area contributed by atoms with E-state index in [2.05, 4.69) is 21.2 Å². The highest BCUT2D eigenvalue weighted by molar-refractivity contribution is 9.11. The highest BCUT2D eigenvalue weighted by Crippen LogP contribution is 2.28. The van der Waals surface area contributed by atoms with Crippen molar-refractivity contribution in [1.82, 2.24) is 5.32 Å². The summed E-state index contributed by atoms with van der Waals surface area (Å²) >= 11 is 4.93. The van der Waals surface area contributed by atoms with E-state index in [1.165, 1.54) is 0 Å². The van der Waals surface area contributed by atoms with Gasteiger partial charge in [-0.3, -0.25) is 4.79 Å². The maximum atomic E-state index is 11.3. The van der Waals surface area contributed by atoms with Gasteiger partial charge in [-0.2, -0.15) is 0 Å². The molecule has 0 spiro atoms. The van der Waals surface area contributed by atoms with Crippen LogP contribution in [0.1, 0.15) is 24.6 Å². The number of rotatable bonds is 5. The first kappa shape index (κ1) is 12.7. The van der Waals surface area contributed by atoms with Crippen molar-refractivity contribution in [1.29, 1.82) is 0 Å². The van der Waals surface area contributed by atoms with E-state index in [1.807, 2.05) is 26.0 Å². The number of nitrogens with two attached hydrogens (primary N) is 1. The Morgan fingerprint density at radius 2 is 2.27 bits per heavy atom. The van der Waals surface area contributed by atoms with Gasteiger partial charge in [0, 0.05) is 17.5 Å². The van der Waals surface area contributed by atoms with Crippen LogP contribution < -0.4 is 11.1 Å². The molecule has 0 aliphatic heterocycles. The molecule has 15 heavy (non-hydrogen) atoms. The van der Waals surface area contributed by atoms with E-state index in [9.17, 15) is 4.79 Å². The van der Waals surface area contributed by atoms with Crippen LogP contribution in [-0.2, 0) is 4.79 Å². The number of amides is 1. The van der Waals surface area contributed by atoms with E-state index in [1.54, 1.807) is 11.3 Å². The van der Waals surface area contributed by atoms with Crippen molar-refractivity contribution < 1.29 is 4.79 Å². The molecule has 1 heterocycles. The number of halogens is 1. The second kappa shape index (κ2) is 5.63. The van der Waals surface area contributed by atoms with E-state index in [4.69, 9.17) is 5.73 Å². The van der Waals surface area contributed by atoms with Gasteiger partial charge in [0.2, 0.25) is 5.91 Å². The van der Waals surface area contributed by atoms with Gasteiger partial charge in [-0.15, -0.1) is 11.3 Å². The second-order valence-electron chi connectivity index (χ2n) is 3.66. The summed E-state index contributed by atoms with van der Waals surface area (Å²) in [6.07, 6.45) is 0. The van der Waals surface area contributed by atoms with E-state index >= 15 is 0 Å². The number of carbonyl (C=O) groups is 1. The van der Waals surface area contributed by atoms with Crippen molar-refractivity contribution >= 4 is 33.2 Å². The largest absolute Gasteiger partial charge is 0.369 e. The van der Waals surface area contributed by atoms with Crippen LogP contribution in [-0.4, -0.2) is 18.5 Å². The number of thiophene rings is 1. The minimum absolute atomic E-state index is 0.233. The van der Waals surface area contributed by atoms with Crippen LogP contribution >= 0.6 is 27.3 Å². The fraction of sp³-hybridized carbons (Fsp3) is 0.500. The van der Waals surface area contributed by atoms with Gasteiger partial charge in [0.05, 0.1) is 9.70 Å². The Kier molecular flexibility index (Phi) is 4.76. The SMILES string of the molecule is CC(C)NC[C@@H](C(N)=O)c1ccc(Br)s1. The Morgan fingerprint density at radius 1 is 1.60 bits per heavy atom. The first-order chi connectivity index (χ1) is 7.00. The van der Waals surface area contributed by atoms with Crippen LogP contribution in [0, 0.1) is 0 Å². The number of primary amides is 1. The van der Waals surface area contributed by atoms with Gasteiger partial charge in [-0.25, -0.2) is 0 Å². The van der Waals surface area contributed by atoms with Gasteiger partial charge in [0.25, 0.3) is 0 Å². The Labute approximate surface area is 102 Å². The van der Waals surface area contributed by atoms with Gasteiger partial charge >= 0.3 is 0 Å². The highest BCUT2D eigenvalue weighted by Gasteiger charge is 2.19. The van der Waals surface area contributed by atoms with Crippen molar-refractivity contribution in [3.63, 3.8) is 0 Å². The van der Waals surface area contributed by atoms with Gasteiger partial charge in [0.15, 0.2) is 0 Å². The number of hydrogen-bond donors (Lipinski definition) is 2. The standard InChI is InChI=1S/C10H15BrN2OS/c1-6(2)13-5-7(10(12)14)8-3-4-9(11)15-8/h3-4,6-7,13H,5H2,1-2H3,(H2,12,14)/t7-/m1/s1. The summed E-state index contributed by atoms with van der Waals surface area (Å²) in [6, 6.07) is 4.23. The van der Waals surface area contributed by atoms with E-state index < -0.39 is 0 Å². The summed E-state index contributed by atoms with van der Waals surface area (Å²) in [6.45, 7) is 4.69. The topological polar surface area (TPSA) is 55.1 Å². The van der Waals surface area contributed by atoms with E-state index in [0.717, 1.165) is 8.66 Å². The van der Waals surface area contributed by atoms with Crippen molar-refractivity contribution in [3.8, 4) is 0 Å². The van der Waals surface area contributed by atoms with Crippen molar-refractivity contribution in [2.24, 2.45) is 5.73 Å². The van der Waals surface area contributed by atoms with Crippen molar-refractivity contribution in [2.45, 2.75) is 25.8 Å². The summed E-state index contributed by atoms with van der Waals surface area (Å²) in [5.41, 5.74) is 5.38. The summed E-state index contributed by atoms with van der Waals surface area (Å²) in [5, 5.41) is 3.23. The average molecular weight is 291 g/mol. The number of nitrogens with one attached hydrogen (secondary N) is 1. The molecule has 1 aromatic rings. The lowest BCUT2D eigenvalue weighted by Gasteiger charge is -2.14. The molecule has 1 aromatic heterocycles. The van der Waals surface area contributed by atoms with Crippen LogP contribution in [0.15, 0.2) is 15.9 Å². The molecule has 0 aromatic carbocycles. The third-order valence-corrected chi connectivity index (χ3v) is 3.75. The number of carbonyl (C=O) groups excluding carboxylic acids is 1. The molecule has 1 atom stereocenters. The fourth-order valence-corrected chi connectivity index (χ4v) is 2.74. The Bertz CT molecular complexity index is 338. The van der Waals surface area contributed by atoms with Crippen LogP contribution in [0.2, 0.25) is 0 Å². The van der Waals surface area contributed by atoms with Gasteiger partial charge < -0.3 is 11.1 Å². The molecule has 0 fully saturated rings. The minimum Gasteiger partial charge on any atom is -0.369 e. The summed E-state index contributed by atoms with van der Waals surface area (Å²) in [7, 11) is 0.